The summed E-state index contributed by atoms with van der Waals surface area (Å²) in [7, 11) is 0. The number of hydrazine groups is 3. The molecule has 1 heterocycles. The Hall–Kier alpha value is -1.87. The Balaban J connectivity index is 0.00000225. The minimum absolute atomic E-state index is 0. The molecule has 13 heteroatoms. The van der Waals surface area contributed by atoms with Crippen molar-refractivity contribution in [3.8, 4) is 0 Å². The molecule has 0 saturated carbocycles. The Morgan fingerprint density at radius 2 is 0.875 bits per heavy atom. The molecule has 1 fully saturated rings. The zero-order valence-corrected chi connectivity index (χ0v) is 8.99. The van der Waals surface area contributed by atoms with Crippen molar-refractivity contribution in [2.24, 2.45) is 0 Å². The fraction of sp³-hybridized carbons (Fsp3) is 1.00. The van der Waals surface area contributed by atoms with Crippen molar-refractivity contribution >= 4 is 17.4 Å². The summed E-state index contributed by atoms with van der Waals surface area (Å²) >= 11 is 0. The zero-order chi connectivity index (χ0) is 11.6. The van der Waals surface area contributed by atoms with Crippen LogP contribution < -0.4 is 0 Å². The second-order valence-corrected chi connectivity index (χ2v) is 2.66. The number of rotatable bonds is 3. The van der Waals surface area contributed by atoms with Crippen LogP contribution in [0.25, 0.3) is 0 Å². The van der Waals surface area contributed by atoms with Gasteiger partial charge in [0.2, 0.25) is 20.0 Å². The zero-order valence-electron chi connectivity index (χ0n) is 7.83. The fourth-order valence-corrected chi connectivity index (χ4v) is 1.01. The Bertz CT molecular complexity index is 257. The molecule has 0 bridgehead atoms. The standard InChI is InChI=1S/C3H6N6O6.Al/c10-7(11)4-1-5(8(12)13)3-6(2-4)9(14)15;/h1-3H2;/q;+3. The molecule has 0 amide bonds. The van der Waals surface area contributed by atoms with Crippen LogP contribution in [0.2, 0.25) is 0 Å². The number of hydrogen-bond donors (Lipinski definition) is 0. The van der Waals surface area contributed by atoms with Crippen molar-refractivity contribution in [1.82, 2.24) is 15.0 Å². The number of nitrogens with zero attached hydrogens (tertiary/aromatic N) is 6. The second-order valence-electron chi connectivity index (χ2n) is 2.66. The fourth-order valence-electron chi connectivity index (χ4n) is 1.01. The van der Waals surface area contributed by atoms with E-state index in [0.717, 1.165) is 0 Å². The van der Waals surface area contributed by atoms with Gasteiger partial charge in [-0.15, -0.1) is 0 Å². The van der Waals surface area contributed by atoms with Gasteiger partial charge in [-0.1, -0.05) is 15.0 Å². The largest absolute Gasteiger partial charge is 3.00 e. The predicted molar refractivity (Wildman–Crippen MR) is 46.9 cm³/mol. The molecule has 1 saturated heterocycles. The Morgan fingerprint density at radius 3 is 1.00 bits per heavy atom. The van der Waals surface area contributed by atoms with Gasteiger partial charge in [0, 0.05) is 0 Å². The SMILES string of the molecule is O=[N+]([O-])N1CN([N+](=O)[O-])CN([N+](=O)[O-])C1.[Al+3]. The molecule has 12 nitrogen and oxygen atoms in total. The maximum absolute atomic E-state index is 10.3. The molecule has 0 atom stereocenters. The quantitative estimate of drug-likeness (QED) is 0.314. The molecule has 0 aromatic rings. The average molecular weight is 249 g/mol. The van der Waals surface area contributed by atoms with Gasteiger partial charge < -0.3 is 0 Å². The molecule has 1 rings (SSSR count). The van der Waals surface area contributed by atoms with Gasteiger partial charge in [0.25, 0.3) is 0 Å². The molecular formula is C3H6AlN6O6+3. The van der Waals surface area contributed by atoms with E-state index >= 15 is 0 Å². The van der Waals surface area contributed by atoms with Gasteiger partial charge in [-0.3, -0.25) is 0 Å². The summed E-state index contributed by atoms with van der Waals surface area (Å²) in [5, 5.41) is 29.3. The van der Waals surface area contributed by atoms with Crippen molar-refractivity contribution in [2.45, 2.75) is 0 Å². The summed E-state index contributed by atoms with van der Waals surface area (Å²) in [6.07, 6.45) is 0. The van der Waals surface area contributed by atoms with Crippen LogP contribution in [0.15, 0.2) is 0 Å². The molecule has 0 radical (unpaired) electrons. The first kappa shape index (κ1) is 14.1. The van der Waals surface area contributed by atoms with E-state index in [1.54, 1.807) is 0 Å². The Labute approximate surface area is 98.5 Å². The van der Waals surface area contributed by atoms with Crippen LogP contribution >= 0.6 is 0 Å². The average Bonchev–Trinajstić information content (AvgIpc) is 2.16. The van der Waals surface area contributed by atoms with Gasteiger partial charge in [-0.05, 0) is 0 Å². The van der Waals surface area contributed by atoms with E-state index in [1.807, 2.05) is 0 Å². The summed E-state index contributed by atoms with van der Waals surface area (Å²) in [6.45, 7) is -1.78. The minimum atomic E-state index is -0.924. The first-order chi connectivity index (χ1) is 6.91. The van der Waals surface area contributed by atoms with Gasteiger partial charge >= 0.3 is 17.4 Å². The smallest absolute Gasteiger partial charge is 0.235 e. The van der Waals surface area contributed by atoms with E-state index in [1.165, 1.54) is 0 Å². The molecule has 84 valence electrons. The topological polar surface area (TPSA) is 139 Å². The third-order valence-electron chi connectivity index (χ3n) is 1.67. The first-order valence-corrected chi connectivity index (χ1v) is 3.59. The third-order valence-corrected chi connectivity index (χ3v) is 1.67. The van der Waals surface area contributed by atoms with Crippen LogP contribution in [0.1, 0.15) is 0 Å². The minimum Gasteiger partial charge on any atom is -0.235 e. The van der Waals surface area contributed by atoms with E-state index in [-0.39, 0.29) is 17.4 Å². The van der Waals surface area contributed by atoms with Gasteiger partial charge in [0.1, 0.15) is 0 Å². The number of hydrogen-bond acceptors (Lipinski definition) is 6. The Morgan fingerprint density at radius 1 is 0.688 bits per heavy atom. The molecule has 0 unspecified atom stereocenters. The summed E-state index contributed by atoms with van der Waals surface area (Å²) in [5.74, 6) is 0. The van der Waals surface area contributed by atoms with E-state index in [4.69, 9.17) is 0 Å². The van der Waals surface area contributed by atoms with Gasteiger partial charge in [0.05, 0.1) is 0 Å². The Kier molecular flexibility index (Phi) is 4.66. The van der Waals surface area contributed by atoms with Gasteiger partial charge in [0.15, 0.2) is 15.1 Å². The van der Waals surface area contributed by atoms with Gasteiger partial charge in [-0.2, -0.15) is 0 Å². The first-order valence-electron chi connectivity index (χ1n) is 3.59. The van der Waals surface area contributed by atoms with Crippen LogP contribution in [0, 0.1) is 30.3 Å². The predicted octanol–water partition coefficient (Wildman–Crippen LogP) is -2.03. The van der Waals surface area contributed by atoms with Crippen LogP contribution in [-0.4, -0.2) is 67.5 Å². The second kappa shape index (κ2) is 5.28. The molecule has 0 spiro atoms. The molecule has 0 aromatic carbocycles. The molecular weight excluding hydrogens is 243 g/mol. The van der Waals surface area contributed by atoms with Crippen molar-refractivity contribution in [3.05, 3.63) is 30.3 Å². The number of nitro groups is 3. The van der Waals surface area contributed by atoms with E-state index in [9.17, 15) is 30.3 Å². The van der Waals surface area contributed by atoms with Crippen molar-refractivity contribution in [2.75, 3.05) is 20.0 Å². The normalized spacial score (nSPS) is 15.4. The maximum atomic E-state index is 10.3. The molecule has 1 aliphatic rings. The van der Waals surface area contributed by atoms with E-state index < -0.39 is 35.1 Å². The summed E-state index contributed by atoms with van der Waals surface area (Å²) in [4.78, 5) is 31.0. The molecule has 1 aliphatic heterocycles. The van der Waals surface area contributed by atoms with Crippen LogP contribution in [0.5, 0.6) is 0 Å². The van der Waals surface area contributed by atoms with Crippen LogP contribution in [0.3, 0.4) is 0 Å². The maximum Gasteiger partial charge on any atom is 3.00 e. The summed E-state index contributed by atoms with van der Waals surface area (Å²) in [6, 6.07) is 0. The van der Waals surface area contributed by atoms with Crippen LogP contribution in [0.4, 0.5) is 0 Å². The molecule has 0 aromatic heterocycles. The summed E-state index contributed by atoms with van der Waals surface area (Å²) in [5.41, 5.74) is 0. The summed E-state index contributed by atoms with van der Waals surface area (Å²) < 4.78 is 0. The molecule has 16 heavy (non-hydrogen) atoms. The molecule has 0 N–H and O–H groups in total. The van der Waals surface area contributed by atoms with E-state index in [0.29, 0.717) is 15.0 Å². The van der Waals surface area contributed by atoms with Crippen LogP contribution in [-0.2, 0) is 0 Å². The molecule has 0 aliphatic carbocycles. The van der Waals surface area contributed by atoms with Crippen molar-refractivity contribution in [1.29, 1.82) is 0 Å². The van der Waals surface area contributed by atoms with E-state index in [2.05, 4.69) is 0 Å². The van der Waals surface area contributed by atoms with Crippen molar-refractivity contribution < 1.29 is 15.1 Å². The van der Waals surface area contributed by atoms with Gasteiger partial charge in [-0.25, -0.2) is 30.3 Å². The van der Waals surface area contributed by atoms with Crippen molar-refractivity contribution in [3.63, 3.8) is 0 Å². The third kappa shape index (κ3) is 3.07. The monoisotopic (exact) mass is 249 g/mol.